The number of fused-ring (bicyclic) bond motifs is 1. The highest BCUT2D eigenvalue weighted by Gasteiger charge is 2.54. The van der Waals surface area contributed by atoms with Crippen molar-refractivity contribution >= 4 is 17.5 Å². The topological polar surface area (TPSA) is 76.0 Å². The van der Waals surface area contributed by atoms with Crippen LogP contribution in [0.3, 0.4) is 0 Å². The molecule has 0 amide bonds. The van der Waals surface area contributed by atoms with Crippen LogP contribution in [-0.4, -0.2) is 35.5 Å². The van der Waals surface area contributed by atoms with Gasteiger partial charge < -0.3 is 9.84 Å². The Hall–Kier alpha value is -2.15. The minimum absolute atomic E-state index is 0.174. The largest absolute Gasteiger partial charge is 0.477 e. The molecule has 1 atom stereocenters. The number of carboxylic acids is 1. The number of aliphatic imine (C=N–C) groups is 1. The molecular formula is C14H11F2NO4. The van der Waals surface area contributed by atoms with Crippen molar-refractivity contribution in [2.75, 3.05) is 7.11 Å². The van der Waals surface area contributed by atoms with E-state index in [1.54, 1.807) is 0 Å². The number of halogens is 2. The molecule has 7 heteroatoms. The molecule has 1 fully saturated rings. The zero-order valence-corrected chi connectivity index (χ0v) is 11.0. The fraction of sp³-hybridized carbons (Fsp3) is 0.357. The van der Waals surface area contributed by atoms with E-state index in [0.29, 0.717) is 12.8 Å². The summed E-state index contributed by atoms with van der Waals surface area (Å²) in [6.45, 7) is 0. The number of nitrogens with zero attached hydrogens (tertiary/aromatic N) is 1. The lowest BCUT2D eigenvalue weighted by atomic mass is 9.83. The minimum atomic E-state index is -2.63. The first-order valence-corrected chi connectivity index (χ1v) is 6.33. The summed E-state index contributed by atoms with van der Waals surface area (Å²) in [6.07, 6.45) is 2.90. The van der Waals surface area contributed by atoms with Gasteiger partial charge in [0.15, 0.2) is 0 Å². The van der Waals surface area contributed by atoms with E-state index in [2.05, 4.69) is 4.99 Å². The van der Waals surface area contributed by atoms with E-state index in [-0.39, 0.29) is 17.2 Å². The molecule has 0 radical (unpaired) electrons. The normalized spacial score (nSPS) is 28.7. The van der Waals surface area contributed by atoms with Crippen molar-refractivity contribution in [1.29, 1.82) is 0 Å². The van der Waals surface area contributed by atoms with Crippen molar-refractivity contribution in [2.24, 2.45) is 10.9 Å². The number of ketones is 1. The van der Waals surface area contributed by atoms with Crippen LogP contribution in [0.15, 0.2) is 39.8 Å². The van der Waals surface area contributed by atoms with Gasteiger partial charge in [-0.05, 0) is 24.8 Å². The van der Waals surface area contributed by atoms with Gasteiger partial charge in [0.1, 0.15) is 17.1 Å². The number of methoxy groups -OCH3 is 1. The smallest absolute Gasteiger partial charge is 0.341 e. The number of carboxylic acid groups (broad SMARTS) is 1. The lowest BCUT2D eigenvalue weighted by Gasteiger charge is -2.33. The van der Waals surface area contributed by atoms with Crippen molar-refractivity contribution in [1.82, 2.24) is 0 Å². The lowest BCUT2D eigenvalue weighted by molar-refractivity contribution is -0.134. The predicted molar refractivity (Wildman–Crippen MR) is 67.9 cm³/mol. The first-order valence-electron chi connectivity index (χ1n) is 6.33. The van der Waals surface area contributed by atoms with E-state index in [4.69, 9.17) is 9.84 Å². The summed E-state index contributed by atoms with van der Waals surface area (Å²) in [5.74, 6) is -6.28. The minimum Gasteiger partial charge on any atom is -0.477 e. The second-order valence-corrected chi connectivity index (χ2v) is 5.05. The van der Waals surface area contributed by atoms with Crippen LogP contribution in [-0.2, 0) is 14.3 Å². The molecule has 0 spiro atoms. The van der Waals surface area contributed by atoms with Crippen molar-refractivity contribution < 1.29 is 28.2 Å². The highest BCUT2D eigenvalue weighted by atomic mass is 19.2. The second kappa shape index (κ2) is 4.42. The van der Waals surface area contributed by atoms with Gasteiger partial charge in [0.2, 0.25) is 5.78 Å². The maximum Gasteiger partial charge on any atom is 0.341 e. The van der Waals surface area contributed by atoms with E-state index in [1.165, 1.54) is 0 Å². The van der Waals surface area contributed by atoms with Crippen LogP contribution in [0, 0.1) is 5.92 Å². The summed E-state index contributed by atoms with van der Waals surface area (Å²) >= 11 is 0. The number of alkyl halides is 1. The summed E-state index contributed by atoms with van der Waals surface area (Å²) in [7, 11) is 1.06. The Balaban J connectivity index is 2.19. The monoisotopic (exact) mass is 295 g/mol. The quantitative estimate of drug-likeness (QED) is 0.806. The Morgan fingerprint density at radius 2 is 2.19 bits per heavy atom. The third-order valence-electron chi connectivity index (χ3n) is 3.74. The maximum absolute atomic E-state index is 15.1. The molecule has 21 heavy (non-hydrogen) atoms. The molecule has 1 unspecified atom stereocenters. The number of hydrogen-bond acceptors (Lipinski definition) is 4. The van der Waals surface area contributed by atoms with Crippen LogP contribution >= 0.6 is 0 Å². The van der Waals surface area contributed by atoms with E-state index in [0.717, 1.165) is 19.4 Å². The first kappa shape index (κ1) is 13.8. The summed E-state index contributed by atoms with van der Waals surface area (Å²) in [4.78, 5) is 26.7. The molecule has 0 saturated heterocycles. The molecule has 3 aliphatic rings. The van der Waals surface area contributed by atoms with Crippen LogP contribution in [0.1, 0.15) is 12.8 Å². The summed E-state index contributed by atoms with van der Waals surface area (Å²) < 4.78 is 34.1. The molecule has 1 heterocycles. The number of carbonyl (C=O) groups excluding carboxylic acids is 1. The molecule has 110 valence electrons. The van der Waals surface area contributed by atoms with E-state index >= 15 is 4.39 Å². The van der Waals surface area contributed by atoms with Gasteiger partial charge in [-0.3, -0.25) is 9.79 Å². The molecule has 0 aromatic carbocycles. The Morgan fingerprint density at radius 3 is 2.71 bits per heavy atom. The van der Waals surface area contributed by atoms with Crippen molar-refractivity contribution in [3.05, 3.63) is 34.8 Å². The Labute approximate surface area is 118 Å². The Kier molecular flexibility index (Phi) is 2.91. The second-order valence-electron chi connectivity index (χ2n) is 5.05. The number of aliphatic carboxylic acids is 1. The van der Waals surface area contributed by atoms with E-state index in [1.807, 2.05) is 0 Å². The molecule has 3 rings (SSSR count). The van der Waals surface area contributed by atoms with Gasteiger partial charge in [0.25, 0.3) is 5.85 Å². The average molecular weight is 295 g/mol. The standard InChI is InChI=1S/C14H11F2NO4/c1-21-14(16)10(6-2-3-6)9(15)4-7-11(18)8(13(19)20)5-17-12(7)14/h4-6H,2-3H2,1H3,(H,19,20). The SMILES string of the molecule is COC1(F)C2=NC=C(C(=O)O)C(=O)C2=CC(F)=C1C1CC1. The van der Waals surface area contributed by atoms with E-state index in [9.17, 15) is 14.0 Å². The highest BCUT2D eigenvalue weighted by molar-refractivity contribution is 6.38. The van der Waals surface area contributed by atoms with Crippen LogP contribution in [0.4, 0.5) is 8.78 Å². The molecule has 1 N–H and O–H groups in total. The van der Waals surface area contributed by atoms with Gasteiger partial charge in [-0.1, -0.05) is 0 Å². The van der Waals surface area contributed by atoms with Crippen LogP contribution in [0.2, 0.25) is 0 Å². The highest BCUT2D eigenvalue weighted by Crippen LogP contribution is 2.49. The van der Waals surface area contributed by atoms with E-state index < -0.39 is 34.6 Å². The third-order valence-corrected chi connectivity index (χ3v) is 3.74. The van der Waals surface area contributed by atoms with Gasteiger partial charge in [0, 0.05) is 18.9 Å². The van der Waals surface area contributed by atoms with Gasteiger partial charge in [-0.2, -0.15) is 4.39 Å². The number of hydrogen-bond donors (Lipinski definition) is 1. The molecular weight excluding hydrogens is 284 g/mol. The van der Waals surface area contributed by atoms with Crippen LogP contribution in [0.25, 0.3) is 0 Å². The van der Waals surface area contributed by atoms with Gasteiger partial charge in [-0.25, -0.2) is 9.18 Å². The van der Waals surface area contributed by atoms with Gasteiger partial charge >= 0.3 is 5.97 Å². The summed E-state index contributed by atoms with van der Waals surface area (Å²) in [5, 5.41) is 8.89. The van der Waals surface area contributed by atoms with Crippen molar-refractivity contribution in [3.63, 3.8) is 0 Å². The molecule has 5 nitrogen and oxygen atoms in total. The number of Topliss-reactive ketones (excluding diaryl/α,β-unsaturated/α-hetero) is 1. The Morgan fingerprint density at radius 1 is 1.52 bits per heavy atom. The molecule has 1 saturated carbocycles. The summed E-state index contributed by atoms with van der Waals surface area (Å²) in [6, 6.07) is 0. The van der Waals surface area contributed by atoms with Crippen molar-refractivity contribution in [3.8, 4) is 0 Å². The molecule has 0 aromatic rings. The molecule has 0 aromatic heterocycles. The fourth-order valence-corrected chi connectivity index (χ4v) is 2.57. The number of rotatable bonds is 3. The number of allylic oxidation sites excluding steroid dienone is 2. The first-order chi connectivity index (χ1) is 9.90. The van der Waals surface area contributed by atoms with Crippen LogP contribution in [0.5, 0.6) is 0 Å². The van der Waals surface area contributed by atoms with Gasteiger partial charge in [0.05, 0.1) is 5.57 Å². The van der Waals surface area contributed by atoms with Gasteiger partial charge in [-0.15, -0.1) is 0 Å². The average Bonchev–Trinajstić information content (AvgIpc) is 3.24. The molecule has 2 aliphatic carbocycles. The van der Waals surface area contributed by atoms with Crippen LogP contribution < -0.4 is 0 Å². The zero-order valence-electron chi connectivity index (χ0n) is 11.0. The number of ether oxygens (including phenoxy) is 1. The number of carbonyl (C=O) groups is 2. The predicted octanol–water partition coefficient (Wildman–Crippen LogP) is 1.86. The maximum atomic E-state index is 15.1. The molecule has 0 bridgehead atoms. The van der Waals surface area contributed by atoms with Crippen molar-refractivity contribution in [2.45, 2.75) is 18.7 Å². The zero-order chi connectivity index (χ0) is 15.4. The Bertz CT molecular complexity index is 685. The fourth-order valence-electron chi connectivity index (χ4n) is 2.57. The lowest BCUT2D eigenvalue weighted by Crippen LogP contribution is -2.45. The summed E-state index contributed by atoms with van der Waals surface area (Å²) in [5.41, 5.74) is -1.61. The molecule has 1 aliphatic heterocycles. The third kappa shape index (κ3) is 1.88.